The summed E-state index contributed by atoms with van der Waals surface area (Å²) in [7, 11) is 0. The van der Waals surface area contributed by atoms with E-state index in [1.807, 2.05) is 0 Å². The van der Waals surface area contributed by atoms with Crippen LogP contribution >= 0.6 is 27.5 Å². The van der Waals surface area contributed by atoms with E-state index in [1.54, 1.807) is 0 Å². The van der Waals surface area contributed by atoms with Crippen LogP contribution in [0.25, 0.3) is 0 Å². The molecule has 1 aromatic rings. The molecular formula is C8H5BrClF2NO. The molecule has 0 N–H and O–H groups in total. The predicted octanol–water partition coefficient (Wildman–Crippen LogP) is 3.38. The highest BCUT2D eigenvalue weighted by Gasteiger charge is 2.17. The van der Waals surface area contributed by atoms with Gasteiger partial charge in [-0.25, -0.2) is 13.8 Å². The van der Waals surface area contributed by atoms with E-state index in [1.165, 1.54) is 0 Å². The fraction of sp³-hybridized carbons (Fsp3) is 0.250. The number of halogens is 4. The lowest BCUT2D eigenvalue weighted by atomic mass is 10.1. The first-order valence-electron chi connectivity index (χ1n) is 3.58. The van der Waals surface area contributed by atoms with Crippen molar-refractivity contribution in [3.63, 3.8) is 0 Å². The van der Waals surface area contributed by atoms with E-state index in [4.69, 9.17) is 11.6 Å². The number of aromatic nitrogens is 1. The van der Waals surface area contributed by atoms with Gasteiger partial charge in [0.1, 0.15) is 5.15 Å². The van der Waals surface area contributed by atoms with Gasteiger partial charge in [-0.2, -0.15) is 0 Å². The number of carbonyl (C=O) groups is 1. The summed E-state index contributed by atoms with van der Waals surface area (Å²) in [5.74, 6) is 0. The first-order chi connectivity index (χ1) is 6.60. The van der Waals surface area contributed by atoms with Crippen LogP contribution in [0, 0.1) is 0 Å². The standard InChI is InChI=1S/C8H5BrClF2NO/c9-2-6-5(3-14)4(8(11)12)1-7(10)13-6/h1,3,8H,2H2. The van der Waals surface area contributed by atoms with Crippen molar-refractivity contribution in [2.75, 3.05) is 0 Å². The van der Waals surface area contributed by atoms with Crippen LogP contribution in [0.3, 0.4) is 0 Å². The second-order valence-corrected chi connectivity index (χ2v) is 3.39. The summed E-state index contributed by atoms with van der Waals surface area (Å²) >= 11 is 8.56. The van der Waals surface area contributed by atoms with Crippen molar-refractivity contribution in [1.82, 2.24) is 4.98 Å². The molecule has 0 aromatic carbocycles. The van der Waals surface area contributed by atoms with Gasteiger partial charge in [0.2, 0.25) is 0 Å². The van der Waals surface area contributed by atoms with Crippen LogP contribution in [0.15, 0.2) is 6.07 Å². The van der Waals surface area contributed by atoms with Crippen molar-refractivity contribution in [1.29, 1.82) is 0 Å². The summed E-state index contributed by atoms with van der Waals surface area (Å²) in [6, 6.07) is 1.00. The van der Waals surface area contributed by atoms with Crippen LogP contribution in [0.5, 0.6) is 0 Å². The molecule has 0 unspecified atom stereocenters. The zero-order valence-corrected chi connectivity index (χ0v) is 9.15. The Morgan fingerprint density at radius 3 is 2.71 bits per heavy atom. The van der Waals surface area contributed by atoms with Crippen molar-refractivity contribution in [2.45, 2.75) is 11.8 Å². The molecule has 0 bridgehead atoms. The summed E-state index contributed by atoms with van der Waals surface area (Å²) in [5.41, 5.74) is -0.251. The van der Waals surface area contributed by atoms with Crippen LogP contribution in [0.2, 0.25) is 5.15 Å². The highest BCUT2D eigenvalue weighted by molar-refractivity contribution is 9.08. The lowest BCUT2D eigenvalue weighted by molar-refractivity contribution is 0.110. The fourth-order valence-electron chi connectivity index (χ4n) is 1.01. The summed E-state index contributed by atoms with van der Waals surface area (Å²) in [5, 5.41) is 0.168. The molecule has 1 aromatic heterocycles. The third-order valence-electron chi connectivity index (χ3n) is 1.62. The Morgan fingerprint density at radius 1 is 1.64 bits per heavy atom. The van der Waals surface area contributed by atoms with Crippen LogP contribution in [0.4, 0.5) is 8.78 Å². The van der Waals surface area contributed by atoms with Gasteiger partial charge in [0.25, 0.3) is 6.43 Å². The van der Waals surface area contributed by atoms with Gasteiger partial charge in [-0.05, 0) is 6.07 Å². The summed E-state index contributed by atoms with van der Waals surface area (Å²) in [6.07, 6.45) is -2.37. The van der Waals surface area contributed by atoms with Gasteiger partial charge in [0.15, 0.2) is 6.29 Å². The molecule has 0 atom stereocenters. The first kappa shape index (κ1) is 11.5. The molecule has 0 spiro atoms. The summed E-state index contributed by atoms with van der Waals surface area (Å²) in [4.78, 5) is 14.3. The highest BCUT2D eigenvalue weighted by atomic mass is 79.9. The van der Waals surface area contributed by atoms with Crippen LogP contribution in [-0.2, 0) is 5.33 Å². The molecule has 6 heteroatoms. The van der Waals surface area contributed by atoms with Gasteiger partial charge >= 0.3 is 0 Å². The molecule has 1 rings (SSSR count). The van der Waals surface area contributed by atoms with E-state index in [0.29, 0.717) is 6.29 Å². The largest absolute Gasteiger partial charge is 0.298 e. The Labute approximate surface area is 92.4 Å². The topological polar surface area (TPSA) is 30.0 Å². The second kappa shape index (κ2) is 4.79. The zero-order chi connectivity index (χ0) is 10.7. The molecule has 0 amide bonds. The third-order valence-corrected chi connectivity index (χ3v) is 2.34. The molecule has 0 saturated carbocycles. The zero-order valence-electron chi connectivity index (χ0n) is 6.81. The van der Waals surface area contributed by atoms with E-state index in [0.717, 1.165) is 6.07 Å². The maximum Gasteiger partial charge on any atom is 0.264 e. The van der Waals surface area contributed by atoms with E-state index < -0.39 is 6.43 Å². The van der Waals surface area contributed by atoms with Gasteiger partial charge < -0.3 is 0 Å². The fourth-order valence-corrected chi connectivity index (χ4v) is 1.66. The molecule has 0 aliphatic heterocycles. The molecule has 0 aliphatic rings. The Hall–Kier alpha value is -0.550. The maximum absolute atomic E-state index is 12.5. The summed E-state index contributed by atoms with van der Waals surface area (Å²) < 4.78 is 24.9. The highest BCUT2D eigenvalue weighted by Crippen LogP contribution is 2.27. The molecule has 0 aliphatic carbocycles. The minimum absolute atomic E-state index is 0.0413. The minimum atomic E-state index is -2.73. The molecular weight excluding hydrogens is 279 g/mol. The Bertz CT molecular complexity index is 359. The summed E-state index contributed by atoms with van der Waals surface area (Å²) in [6.45, 7) is 0. The molecule has 0 fully saturated rings. The van der Waals surface area contributed by atoms with Gasteiger partial charge in [-0.15, -0.1) is 0 Å². The number of pyridine rings is 1. The number of aldehydes is 1. The number of hydrogen-bond donors (Lipinski definition) is 0. The number of nitrogens with zero attached hydrogens (tertiary/aromatic N) is 1. The van der Waals surface area contributed by atoms with Crippen molar-refractivity contribution < 1.29 is 13.6 Å². The smallest absolute Gasteiger partial charge is 0.264 e. The second-order valence-electron chi connectivity index (χ2n) is 2.45. The van der Waals surface area contributed by atoms with Crippen LogP contribution in [0.1, 0.15) is 28.0 Å². The number of rotatable bonds is 3. The molecule has 76 valence electrons. The number of carbonyl (C=O) groups excluding carboxylic acids is 1. The van der Waals surface area contributed by atoms with E-state index in [2.05, 4.69) is 20.9 Å². The van der Waals surface area contributed by atoms with Gasteiger partial charge in [0.05, 0.1) is 5.69 Å². The van der Waals surface area contributed by atoms with Crippen molar-refractivity contribution >= 4 is 33.8 Å². The van der Waals surface area contributed by atoms with Gasteiger partial charge in [-0.3, -0.25) is 4.79 Å². The maximum atomic E-state index is 12.5. The first-order valence-corrected chi connectivity index (χ1v) is 5.08. The Balaban J connectivity index is 3.39. The average molecular weight is 284 g/mol. The van der Waals surface area contributed by atoms with E-state index in [-0.39, 0.29) is 27.3 Å². The van der Waals surface area contributed by atoms with Crippen molar-refractivity contribution in [3.8, 4) is 0 Å². The predicted molar refractivity (Wildman–Crippen MR) is 52.2 cm³/mol. The third kappa shape index (κ3) is 2.27. The van der Waals surface area contributed by atoms with Gasteiger partial charge in [0, 0.05) is 16.5 Å². The molecule has 14 heavy (non-hydrogen) atoms. The van der Waals surface area contributed by atoms with E-state index in [9.17, 15) is 13.6 Å². The molecule has 0 radical (unpaired) electrons. The molecule has 2 nitrogen and oxygen atoms in total. The minimum Gasteiger partial charge on any atom is -0.298 e. The lowest BCUT2D eigenvalue weighted by Gasteiger charge is -2.07. The normalized spacial score (nSPS) is 10.6. The van der Waals surface area contributed by atoms with E-state index >= 15 is 0 Å². The molecule has 1 heterocycles. The lowest BCUT2D eigenvalue weighted by Crippen LogP contribution is -2.01. The van der Waals surface area contributed by atoms with Gasteiger partial charge in [-0.1, -0.05) is 27.5 Å². The molecule has 0 saturated heterocycles. The van der Waals surface area contributed by atoms with Crippen molar-refractivity contribution in [2.24, 2.45) is 0 Å². The average Bonchev–Trinajstić information content (AvgIpc) is 2.16. The Kier molecular flexibility index (Phi) is 3.95. The number of hydrogen-bond acceptors (Lipinski definition) is 2. The van der Waals surface area contributed by atoms with Crippen LogP contribution < -0.4 is 0 Å². The number of alkyl halides is 3. The SMILES string of the molecule is O=Cc1c(C(F)F)cc(Cl)nc1CBr. The Morgan fingerprint density at radius 2 is 2.29 bits per heavy atom. The van der Waals surface area contributed by atoms with Crippen molar-refractivity contribution in [3.05, 3.63) is 28.0 Å². The monoisotopic (exact) mass is 283 g/mol. The quantitative estimate of drug-likeness (QED) is 0.484. The van der Waals surface area contributed by atoms with Crippen LogP contribution in [-0.4, -0.2) is 11.3 Å².